The molecule has 1 unspecified atom stereocenters. The summed E-state index contributed by atoms with van der Waals surface area (Å²) in [4.78, 5) is 11.0. The van der Waals surface area contributed by atoms with Crippen LogP contribution in [0.5, 0.6) is 0 Å². The first-order valence-electron chi connectivity index (χ1n) is 24.1. The van der Waals surface area contributed by atoms with Gasteiger partial charge in [-0.1, -0.05) is 194 Å². The smallest absolute Gasteiger partial charge is 0.0979 e. The van der Waals surface area contributed by atoms with E-state index in [9.17, 15) is 0 Å². The van der Waals surface area contributed by atoms with Crippen LogP contribution >= 0.6 is 11.3 Å². The Hall–Kier alpha value is -8.24. The second-order valence-electron chi connectivity index (χ2n) is 18.7. The summed E-state index contributed by atoms with van der Waals surface area (Å²) in [7, 11) is 0. The Bertz CT molecular complexity index is 4230. The van der Waals surface area contributed by atoms with Crippen molar-refractivity contribution in [1.82, 2.24) is 9.97 Å². The molecule has 69 heavy (non-hydrogen) atoms. The third-order valence-electron chi connectivity index (χ3n) is 14.7. The van der Waals surface area contributed by atoms with Crippen molar-refractivity contribution in [2.24, 2.45) is 0 Å². The largest absolute Gasteiger partial charge is 0.252 e. The van der Waals surface area contributed by atoms with E-state index >= 15 is 0 Å². The second-order valence-corrected chi connectivity index (χ2v) is 19.7. The fourth-order valence-corrected chi connectivity index (χ4v) is 12.5. The molecule has 0 N–H and O–H groups in total. The van der Waals surface area contributed by atoms with Crippen LogP contribution in [0.4, 0.5) is 0 Å². The third kappa shape index (κ3) is 6.76. The lowest BCUT2D eigenvalue weighted by Gasteiger charge is -2.20. The average Bonchev–Trinajstić information content (AvgIpc) is 3.82. The normalized spacial score (nSPS) is 15.1. The molecule has 2 aliphatic rings. The molecule has 0 bridgehead atoms. The molecule has 12 aromatic rings. The Morgan fingerprint density at radius 1 is 0.464 bits per heavy atom. The SMILES string of the molecule is C1=CC(c2cccc(-c3cccc4c3sc3ccccc34)c2)CC=C1C1=CCCC(c2cnc3c4cc(-c5cccc6ccccc56)ccc4c4ccc(-c5cccc6ccccc56)cc4c3n2)=C1. The van der Waals surface area contributed by atoms with Crippen molar-refractivity contribution in [2.45, 2.75) is 25.2 Å². The number of benzene rings is 10. The molecule has 324 valence electrons. The fourth-order valence-electron chi connectivity index (χ4n) is 11.3. The van der Waals surface area contributed by atoms with Crippen LogP contribution in [0.25, 0.3) is 113 Å². The highest BCUT2D eigenvalue weighted by Crippen LogP contribution is 2.43. The van der Waals surface area contributed by atoms with Crippen LogP contribution in [0, 0.1) is 0 Å². The van der Waals surface area contributed by atoms with E-state index in [2.05, 4.69) is 218 Å². The van der Waals surface area contributed by atoms with Crippen molar-refractivity contribution >= 4 is 91.2 Å². The number of nitrogens with zero attached hydrogens (tertiary/aromatic N) is 2. The Kier molecular flexibility index (Phi) is 9.38. The first-order chi connectivity index (χ1) is 34.2. The lowest BCUT2D eigenvalue weighted by atomic mass is 9.85. The summed E-state index contributed by atoms with van der Waals surface area (Å²) in [5.41, 5.74) is 15.3. The molecule has 14 rings (SSSR count). The Balaban J connectivity index is 0.833. The summed E-state index contributed by atoms with van der Waals surface area (Å²) in [5.74, 6) is 0.317. The fraction of sp³-hybridized carbons (Fsp3) is 0.0606. The van der Waals surface area contributed by atoms with Gasteiger partial charge in [0, 0.05) is 36.9 Å². The van der Waals surface area contributed by atoms with E-state index in [4.69, 9.17) is 9.97 Å². The molecule has 0 amide bonds. The van der Waals surface area contributed by atoms with E-state index in [0.717, 1.165) is 46.8 Å². The maximum Gasteiger partial charge on any atom is 0.0979 e. The van der Waals surface area contributed by atoms with Gasteiger partial charge in [-0.05, 0) is 132 Å². The monoisotopic (exact) mass is 896 g/mol. The second kappa shape index (κ2) is 16.2. The van der Waals surface area contributed by atoms with Crippen LogP contribution in [0.1, 0.15) is 36.4 Å². The first-order valence-corrected chi connectivity index (χ1v) is 24.9. The van der Waals surface area contributed by atoms with Gasteiger partial charge in [0.2, 0.25) is 0 Å². The summed E-state index contributed by atoms with van der Waals surface area (Å²) in [6.45, 7) is 0. The number of hydrogen-bond acceptors (Lipinski definition) is 3. The van der Waals surface area contributed by atoms with Gasteiger partial charge in [0.1, 0.15) is 0 Å². The van der Waals surface area contributed by atoms with Crippen molar-refractivity contribution in [3.8, 4) is 33.4 Å². The molecule has 2 heterocycles. The minimum atomic E-state index is 0.317. The van der Waals surface area contributed by atoms with Crippen molar-refractivity contribution < 1.29 is 0 Å². The van der Waals surface area contributed by atoms with E-state index in [0.29, 0.717) is 5.92 Å². The maximum atomic E-state index is 5.63. The molecule has 3 heteroatoms. The number of fused-ring (bicyclic) bond motifs is 11. The van der Waals surface area contributed by atoms with Gasteiger partial charge in [0.15, 0.2) is 0 Å². The molecular formula is C66H44N2S. The van der Waals surface area contributed by atoms with E-state index < -0.39 is 0 Å². The minimum Gasteiger partial charge on any atom is -0.252 e. The summed E-state index contributed by atoms with van der Waals surface area (Å²) >= 11 is 1.90. The lowest BCUT2D eigenvalue weighted by Crippen LogP contribution is -2.02. The number of hydrogen-bond donors (Lipinski definition) is 0. The highest BCUT2D eigenvalue weighted by Gasteiger charge is 2.20. The van der Waals surface area contributed by atoms with Crippen LogP contribution in [0.3, 0.4) is 0 Å². The zero-order valence-corrected chi connectivity index (χ0v) is 38.7. The van der Waals surface area contributed by atoms with Crippen LogP contribution in [0.2, 0.25) is 0 Å². The van der Waals surface area contributed by atoms with Crippen molar-refractivity contribution in [2.75, 3.05) is 0 Å². The predicted octanol–water partition coefficient (Wildman–Crippen LogP) is 18.4. The predicted molar refractivity (Wildman–Crippen MR) is 295 cm³/mol. The first kappa shape index (κ1) is 39.9. The molecule has 0 spiro atoms. The van der Waals surface area contributed by atoms with Crippen molar-refractivity contribution in [3.05, 3.63) is 247 Å². The quantitative estimate of drug-likeness (QED) is 0.155. The maximum absolute atomic E-state index is 5.63. The number of aromatic nitrogens is 2. The van der Waals surface area contributed by atoms with Gasteiger partial charge in [-0.3, -0.25) is 4.98 Å². The summed E-state index contributed by atoms with van der Waals surface area (Å²) < 4.78 is 2.70. The molecule has 0 saturated heterocycles. The summed E-state index contributed by atoms with van der Waals surface area (Å²) in [6.07, 6.45) is 16.8. The zero-order valence-electron chi connectivity index (χ0n) is 37.9. The lowest BCUT2D eigenvalue weighted by molar-refractivity contribution is 0.846. The van der Waals surface area contributed by atoms with Gasteiger partial charge < -0.3 is 0 Å². The Morgan fingerprint density at radius 2 is 1.09 bits per heavy atom. The molecule has 1 atom stereocenters. The summed E-state index contributed by atoms with van der Waals surface area (Å²) in [5, 5.41) is 12.2. The van der Waals surface area contributed by atoms with Crippen LogP contribution in [0.15, 0.2) is 236 Å². The number of allylic oxidation sites excluding steroid dienone is 8. The van der Waals surface area contributed by atoms with Crippen LogP contribution in [-0.2, 0) is 0 Å². The molecular weight excluding hydrogens is 853 g/mol. The van der Waals surface area contributed by atoms with Gasteiger partial charge in [0.05, 0.1) is 22.9 Å². The molecule has 0 fully saturated rings. The molecule has 10 aromatic carbocycles. The van der Waals surface area contributed by atoms with Crippen LogP contribution < -0.4 is 0 Å². The van der Waals surface area contributed by atoms with Crippen molar-refractivity contribution in [3.63, 3.8) is 0 Å². The van der Waals surface area contributed by atoms with Gasteiger partial charge in [-0.25, -0.2) is 4.98 Å². The number of thiophene rings is 1. The van der Waals surface area contributed by atoms with Gasteiger partial charge in [-0.2, -0.15) is 0 Å². The van der Waals surface area contributed by atoms with E-state index in [-0.39, 0.29) is 0 Å². The van der Waals surface area contributed by atoms with Gasteiger partial charge >= 0.3 is 0 Å². The Morgan fingerprint density at radius 3 is 1.83 bits per heavy atom. The van der Waals surface area contributed by atoms with Gasteiger partial charge in [0.25, 0.3) is 0 Å². The molecule has 2 aliphatic carbocycles. The molecule has 0 aliphatic heterocycles. The third-order valence-corrected chi connectivity index (χ3v) is 15.9. The zero-order chi connectivity index (χ0) is 45.4. The van der Waals surface area contributed by atoms with E-state index in [1.807, 2.05) is 17.5 Å². The molecule has 2 aromatic heterocycles. The molecule has 0 radical (unpaired) electrons. The molecule has 0 saturated carbocycles. The molecule has 2 nitrogen and oxygen atoms in total. The van der Waals surface area contributed by atoms with E-state index in [1.54, 1.807) is 0 Å². The van der Waals surface area contributed by atoms with Crippen molar-refractivity contribution in [1.29, 1.82) is 0 Å². The van der Waals surface area contributed by atoms with Gasteiger partial charge in [-0.15, -0.1) is 11.3 Å². The standard InChI is InChI=1S/C66H44N2S/c1-3-20-51-43(12-1)14-9-23-53(51)48-32-34-56-57-35-33-49(54-24-10-15-44-13-2-4-21-52(44)54)39-61(57)65-64(60(56)38-48)67-40-62(68-65)50-19-8-17-46(37-50)42-30-28-41(29-31-42)45-16-7-18-47(36-45)55-25-11-26-59-58-22-5-6-27-63(58)69-66(55)59/h1-7,9-18,20-28,30-41H,8,19,29H2. The average molecular weight is 897 g/mol. The highest BCUT2D eigenvalue weighted by molar-refractivity contribution is 7.26. The topological polar surface area (TPSA) is 25.8 Å². The number of rotatable bonds is 6. The van der Waals surface area contributed by atoms with Crippen LogP contribution in [-0.4, -0.2) is 9.97 Å². The minimum absolute atomic E-state index is 0.317. The summed E-state index contributed by atoms with van der Waals surface area (Å²) in [6, 6.07) is 69.1. The highest BCUT2D eigenvalue weighted by atomic mass is 32.1. The Labute approximate surface area is 404 Å². The van der Waals surface area contributed by atoms with E-state index in [1.165, 1.54) is 108 Å².